The van der Waals surface area contributed by atoms with Crippen molar-refractivity contribution in [3.05, 3.63) is 0 Å². The Kier molecular flexibility index (Phi) is 38.2. The van der Waals surface area contributed by atoms with Gasteiger partial charge >= 0.3 is 65.1 Å². The molecule has 0 heterocycles. The number of hydrogen-bond donors (Lipinski definition) is 1. The van der Waals surface area contributed by atoms with Crippen LogP contribution in [-0.4, -0.2) is 44.8 Å². The maximum Gasteiger partial charge on any atom is 1.00 e. The van der Waals surface area contributed by atoms with Gasteiger partial charge in [-0.15, -0.1) is 0 Å². The average molecular weight is 596 g/mol. The summed E-state index contributed by atoms with van der Waals surface area (Å²) >= 11 is 0. The summed E-state index contributed by atoms with van der Waals surface area (Å²) in [6, 6.07) is 0. The third kappa shape index (κ3) is 37.0. The second-order valence-corrected chi connectivity index (χ2v) is 10.9. The fourth-order valence-corrected chi connectivity index (χ4v) is 4.47. The van der Waals surface area contributed by atoms with Crippen LogP contribution in [0.4, 0.5) is 0 Å². The Bertz CT molecular complexity index is 584. The van der Waals surface area contributed by atoms with Gasteiger partial charge in [0, 0.05) is 13.0 Å². The van der Waals surface area contributed by atoms with Gasteiger partial charge < -0.3 is 33.7 Å². The monoisotopic (exact) mass is 595 g/mol. The predicted molar refractivity (Wildman–Crippen MR) is 142 cm³/mol. The van der Waals surface area contributed by atoms with Crippen molar-refractivity contribution in [1.29, 1.82) is 0 Å². The molecule has 0 spiro atoms. The number of carbonyl (C=O) groups is 2. The maximum atomic E-state index is 12.1. The van der Waals surface area contributed by atoms with Gasteiger partial charge in [-0.1, -0.05) is 103 Å². The van der Waals surface area contributed by atoms with Gasteiger partial charge in [-0.25, -0.2) is 0 Å². The second kappa shape index (κ2) is 33.5. The molecule has 0 rings (SSSR count). The van der Waals surface area contributed by atoms with Crippen molar-refractivity contribution >= 4 is 20.3 Å². The zero-order chi connectivity index (χ0) is 27.5. The Morgan fingerprint density at radius 2 is 1.28 bits per heavy atom. The van der Waals surface area contributed by atoms with Gasteiger partial charge in [0.05, 0.1) is 21.0 Å². The Balaban J connectivity index is -0.00000648. The summed E-state index contributed by atoms with van der Waals surface area (Å²) < 4.78 is 25.2. The number of carbonyl (C=O) groups excluding carboxylic acids is 2. The summed E-state index contributed by atoms with van der Waals surface area (Å²) in [5.74, 6) is -0.387. The average Bonchev–Trinajstić information content (AvgIpc) is 2.85. The molecule has 12 heteroatoms. The van der Waals surface area contributed by atoms with Crippen LogP contribution >= 0.6 is 7.82 Å². The van der Waals surface area contributed by atoms with Crippen LogP contribution in [0.2, 0.25) is 0 Å². The van der Waals surface area contributed by atoms with Gasteiger partial charge in [0.25, 0.3) is 6.47 Å². The number of phosphoric ester groups is 1. The molecule has 0 aliphatic rings. The number of unbranched alkanes of at least 4 members (excludes halogenated alkanes) is 16. The minimum Gasteiger partial charge on any atom is -0.790 e. The summed E-state index contributed by atoms with van der Waals surface area (Å²) in [5, 5.41) is 3.19. The summed E-state index contributed by atoms with van der Waals surface area (Å²) in [6.07, 6.45) is 19.8. The van der Waals surface area contributed by atoms with Crippen LogP contribution in [0, 0.1) is 0 Å². The fraction of sp³-hybridized carbons (Fsp3) is 0.926. The van der Waals surface area contributed by atoms with Crippen molar-refractivity contribution in [3.63, 3.8) is 0 Å². The molecule has 0 aromatic carbocycles. The first-order chi connectivity index (χ1) is 17.9. The van der Waals surface area contributed by atoms with Crippen molar-refractivity contribution < 1.29 is 97.1 Å². The van der Waals surface area contributed by atoms with E-state index in [0.29, 0.717) is 13.1 Å². The Morgan fingerprint density at radius 1 is 0.795 bits per heavy atom. The maximum absolute atomic E-state index is 12.1. The fourth-order valence-electron chi connectivity index (χ4n) is 4.12. The normalized spacial score (nSPS) is 11.8. The topological polar surface area (TPSA) is 137 Å². The smallest absolute Gasteiger partial charge is 0.790 e. The number of hydrogen-bond acceptors (Lipinski definition) is 9. The Morgan fingerprint density at radius 3 is 1.79 bits per heavy atom. The number of rotatable bonds is 29. The van der Waals surface area contributed by atoms with E-state index in [0.717, 1.165) is 51.5 Å². The van der Waals surface area contributed by atoms with E-state index in [4.69, 9.17) is 4.74 Å². The van der Waals surface area contributed by atoms with E-state index in [9.17, 15) is 23.9 Å². The molecular formula is C27H52NNa2O8P. The van der Waals surface area contributed by atoms with Crippen LogP contribution in [0.15, 0.2) is 0 Å². The van der Waals surface area contributed by atoms with E-state index in [-0.39, 0.29) is 78.0 Å². The molecule has 1 N–H and O–H groups in total. The number of phosphoric acid groups is 1. The molecule has 0 aliphatic heterocycles. The SMILES string of the molecule is CCCCCCCCCC(=O)O[C@@H](CNCCCCCCCCCCCCCOC=O)COP(=O)([O-])[O-].[Na+].[Na+]. The molecule has 0 radical (unpaired) electrons. The van der Waals surface area contributed by atoms with Crippen LogP contribution in [0.25, 0.3) is 0 Å². The van der Waals surface area contributed by atoms with E-state index in [1.54, 1.807) is 0 Å². The summed E-state index contributed by atoms with van der Waals surface area (Å²) in [6.45, 7) is 3.74. The molecule has 0 aliphatic carbocycles. The minimum absolute atomic E-state index is 0. The van der Waals surface area contributed by atoms with Gasteiger partial charge in [0.15, 0.2) is 0 Å². The van der Waals surface area contributed by atoms with Gasteiger partial charge in [0.1, 0.15) is 6.10 Å². The van der Waals surface area contributed by atoms with Crippen LogP contribution in [-0.2, 0) is 28.2 Å². The van der Waals surface area contributed by atoms with E-state index >= 15 is 0 Å². The molecule has 9 nitrogen and oxygen atoms in total. The second-order valence-electron chi connectivity index (χ2n) is 9.79. The Hall–Kier alpha value is 1.01. The van der Waals surface area contributed by atoms with E-state index in [2.05, 4.69) is 21.5 Å². The van der Waals surface area contributed by atoms with Crippen molar-refractivity contribution in [2.75, 3.05) is 26.3 Å². The largest absolute Gasteiger partial charge is 1.00 e. The van der Waals surface area contributed by atoms with Crippen molar-refractivity contribution in [2.24, 2.45) is 0 Å². The first-order valence-electron chi connectivity index (χ1n) is 14.5. The molecule has 1 atom stereocenters. The standard InChI is InChI=1S/C27H54NO8P.2Na/c1-2-3-4-5-11-14-17-20-27(30)36-26(24-35-37(31,32)33)23-28-21-18-15-12-9-7-6-8-10-13-16-19-22-34-25-29;;/h25-26,28H,2-24H2,1H3,(H2,31,32,33);;/q;2*+1/p-2/t26-;;/m0../s1. The molecule has 0 bridgehead atoms. The molecule has 0 aromatic rings. The Labute approximate surface area is 281 Å². The summed E-state index contributed by atoms with van der Waals surface area (Å²) in [7, 11) is -5.11. The molecule has 0 saturated heterocycles. The molecule has 39 heavy (non-hydrogen) atoms. The van der Waals surface area contributed by atoms with Crippen LogP contribution in [0.1, 0.15) is 129 Å². The van der Waals surface area contributed by atoms with Gasteiger partial charge in [-0.2, -0.15) is 0 Å². The van der Waals surface area contributed by atoms with Crippen molar-refractivity contribution in [2.45, 2.75) is 135 Å². The van der Waals surface area contributed by atoms with Gasteiger partial charge in [-0.3, -0.25) is 9.59 Å². The van der Waals surface area contributed by atoms with Gasteiger partial charge in [0.2, 0.25) is 0 Å². The van der Waals surface area contributed by atoms with E-state index in [1.807, 2.05) is 0 Å². The van der Waals surface area contributed by atoms with E-state index in [1.165, 1.54) is 70.6 Å². The first-order valence-corrected chi connectivity index (χ1v) is 16.0. The van der Waals surface area contributed by atoms with Crippen molar-refractivity contribution in [3.8, 4) is 0 Å². The van der Waals surface area contributed by atoms with Crippen molar-refractivity contribution in [1.82, 2.24) is 5.32 Å². The number of ether oxygens (including phenoxy) is 2. The van der Waals surface area contributed by atoms with Crippen LogP contribution in [0.5, 0.6) is 0 Å². The van der Waals surface area contributed by atoms with Gasteiger partial charge in [-0.05, 0) is 25.8 Å². The molecule has 0 unspecified atom stereocenters. The van der Waals surface area contributed by atoms with Crippen LogP contribution < -0.4 is 74.2 Å². The number of nitrogens with one attached hydrogen (secondary N) is 1. The number of esters is 1. The summed E-state index contributed by atoms with van der Waals surface area (Å²) in [5.41, 5.74) is 0. The molecule has 0 saturated carbocycles. The molecule has 0 aromatic heterocycles. The first kappa shape index (κ1) is 44.5. The third-order valence-electron chi connectivity index (χ3n) is 6.26. The predicted octanol–water partition coefficient (Wildman–Crippen LogP) is -1.05. The van der Waals surface area contributed by atoms with E-state index < -0.39 is 20.5 Å². The third-order valence-corrected chi connectivity index (χ3v) is 6.72. The molecule has 220 valence electrons. The van der Waals surface area contributed by atoms with Crippen LogP contribution in [0.3, 0.4) is 0 Å². The quantitative estimate of drug-likeness (QED) is 0.0378. The molecule has 0 fully saturated rings. The molecular weight excluding hydrogens is 543 g/mol. The zero-order valence-corrected chi connectivity index (χ0v) is 30.0. The molecule has 0 amide bonds. The zero-order valence-electron chi connectivity index (χ0n) is 25.1. The minimum atomic E-state index is -5.11. The summed E-state index contributed by atoms with van der Waals surface area (Å²) in [4.78, 5) is 43.9.